The van der Waals surface area contributed by atoms with Crippen LogP contribution >= 0.6 is 23.2 Å². The van der Waals surface area contributed by atoms with Crippen LogP contribution in [0.5, 0.6) is 0 Å². The van der Waals surface area contributed by atoms with Crippen molar-refractivity contribution in [3.63, 3.8) is 0 Å². The van der Waals surface area contributed by atoms with E-state index in [1.807, 2.05) is 0 Å². The fraction of sp³-hybridized carbons (Fsp3) is 0.536. The van der Waals surface area contributed by atoms with Crippen molar-refractivity contribution >= 4 is 29.1 Å². The van der Waals surface area contributed by atoms with Gasteiger partial charge in [0.1, 0.15) is 0 Å². The number of hydrogen-bond acceptors (Lipinski definition) is 3. The van der Waals surface area contributed by atoms with Gasteiger partial charge in [0.25, 0.3) is 0 Å². The molecule has 4 rings (SSSR count). The molecule has 2 aliphatic rings. The fourth-order valence-electron chi connectivity index (χ4n) is 5.68. The summed E-state index contributed by atoms with van der Waals surface area (Å²) in [5, 5.41) is 3.52. The molecule has 0 spiro atoms. The molecule has 2 aromatic rings. The highest BCUT2D eigenvalue weighted by atomic mass is 35.5. The number of rotatable bonds is 7. The lowest BCUT2D eigenvalue weighted by molar-refractivity contribution is -0.143. The molecule has 1 aliphatic heterocycles. The van der Waals surface area contributed by atoms with Crippen molar-refractivity contribution in [3.8, 4) is 0 Å². The molecule has 1 saturated heterocycles. The summed E-state index contributed by atoms with van der Waals surface area (Å²) in [4.78, 5) is 17.5. The molecular weight excluding hydrogens is 579 g/mol. The molecule has 1 N–H and O–H groups in total. The lowest BCUT2D eigenvalue weighted by Gasteiger charge is -2.43. The van der Waals surface area contributed by atoms with Gasteiger partial charge < -0.3 is 5.32 Å². The van der Waals surface area contributed by atoms with Crippen molar-refractivity contribution < 1.29 is 31.1 Å². The molecule has 1 saturated carbocycles. The maximum absolute atomic E-state index is 13.2. The van der Waals surface area contributed by atoms with Gasteiger partial charge in [-0.3, -0.25) is 14.6 Å². The number of carbonyl (C=O) groups is 1. The zero-order valence-electron chi connectivity index (χ0n) is 21.7. The van der Waals surface area contributed by atoms with Crippen LogP contribution in [0.3, 0.4) is 0 Å². The molecule has 2 fully saturated rings. The van der Waals surface area contributed by atoms with E-state index in [0.29, 0.717) is 46.9 Å². The predicted octanol–water partition coefficient (Wildman–Crippen LogP) is 7.38. The van der Waals surface area contributed by atoms with Gasteiger partial charge in [-0.05, 0) is 48.7 Å². The van der Waals surface area contributed by atoms with Crippen LogP contribution in [0.25, 0.3) is 0 Å². The van der Waals surface area contributed by atoms with Gasteiger partial charge in [-0.25, -0.2) is 0 Å². The Bertz CT molecular complexity index is 1120. The average Bonchev–Trinajstić information content (AvgIpc) is 2.90. The maximum atomic E-state index is 13.2. The quantitative estimate of drug-likeness (QED) is 0.333. The largest absolute Gasteiger partial charge is 0.416 e. The van der Waals surface area contributed by atoms with Crippen LogP contribution in [-0.2, 0) is 23.6 Å². The summed E-state index contributed by atoms with van der Waals surface area (Å²) in [5.74, 6) is -0.707. The summed E-state index contributed by atoms with van der Waals surface area (Å²) >= 11 is 13.0. The first-order chi connectivity index (χ1) is 18.8. The molecule has 40 heavy (non-hydrogen) atoms. The van der Waals surface area contributed by atoms with Crippen molar-refractivity contribution in [2.75, 3.05) is 32.7 Å². The van der Waals surface area contributed by atoms with E-state index in [4.69, 9.17) is 23.2 Å². The molecular formula is C28H31Cl2F6N3O. The van der Waals surface area contributed by atoms with Crippen molar-refractivity contribution in [2.45, 2.75) is 63.0 Å². The van der Waals surface area contributed by atoms with Gasteiger partial charge >= 0.3 is 12.4 Å². The number of nitrogens with one attached hydrogen (secondary N) is 1. The van der Waals surface area contributed by atoms with Crippen LogP contribution in [0.2, 0.25) is 10.0 Å². The number of benzene rings is 2. The minimum absolute atomic E-state index is 0.0385. The Hall–Kier alpha value is -2.01. The first-order valence-electron chi connectivity index (χ1n) is 13.3. The summed E-state index contributed by atoms with van der Waals surface area (Å²) in [5.41, 5.74) is -2.67. The van der Waals surface area contributed by atoms with Crippen molar-refractivity contribution in [1.29, 1.82) is 0 Å². The van der Waals surface area contributed by atoms with Crippen molar-refractivity contribution in [1.82, 2.24) is 15.1 Å². The van der Waals surface area contributed by atoms with Crippen molar-refractivity contribution in [3.05, 3.63) is 68.7 Å². The molecule has 1 unspecified atom stereocenters. The molecule has 0 bridgehead atoms. The van der Waals surface area contributed by atoms with Gasteiger partial charge in [-0.1, -0.05) is 48.5 Å². The second kappa shape index (κ2) is 12.9. The van der Waals surface area contributed by atoms with E-state index in [9.17, 15) is 31.1 Å². The number of halogens is 8. The fourth-order valence-corrected chi connectivity index (χ4v) is 6.33. The zero-order chi connectivity index (χ0) is 29.1. The Labute approximate surface area is 239 Å². The molecule has 12 heteroatoms. The molecule has 220 valence electrons. The Kier molecular flexibility index (Phi) is 9.96. The number of hydrogen-bond donors (Lipinski definition) is 1. The van der Waals surface area contributed by atoms with E-state index in [0.717, 1.165) is 13.1 Å². The normalized spacial score (nSPS) is 19.0. The number of piperazine rings is 1. The van der Waals surface area contributed by atoms with Crippen LogP contribution in [0, 0.1) is 0 Å². The summed E-state index contributed by atoms with van der Waals surface area (Å²) in [6.07, 6.45) is -4.54. The minimum atomic E-state index is -4.99. The average molecular weight is 610 g/mol. The monoisotopic (exact) mass is 609 g/mol. The lowest BCUT2D eigenvalue weighted by Crippen LogP contribution is -2.53. The molecule has 0 radical (unpaired) electrons. The smallest absolute Gasteiger partial charge is 0.354 e. The first kappa shape index (κ1) is 30.9. The standard InChI is InChI=1S/C28H31Cl2F6N3O/c29-22-7-4-8-23(30)26(22)24(39-11-9-38(10-12-39)21-5-2-1-3-6-21)17-37-25(40)15-18-13-19(27(31,32)33)16-20(14-18)28(34,35)36/h4,7-8,13-14,16,21,24H,1-3,5-6,9-12,15,17H2,(H,37,40). The lowest BCUT2D eigenvalue weighted by atomic mass is 9.93. The molecule has 0 aromatic heterocycles. The maximum Gasteiger partial charge on any atom is 0.416 e. The Morgan fingerprint density at radius 3 is 1.95 bits per heavy atom. The molecule has 4 nitrogen and oxygen atoms in total. The highest BCUT2D eigenvalue weighted by Crippen LogP contribution is 2.37. The van der Waals surface area contributed by atoms with E-state index in [-0.39, 0.29) is 18.2 Å². The second-order valence-electron chi connectivity index (χ2n) is 10.4. The van der Waals surface area contributed by atoms with Gasteiger partial charge in [0.15, 0.2) is 0 Å². The van der Waals surface area contributed by atoms with E-state index in [1.54, 1.807) is 18.2 Å². The van der Waals surface area contributed by atoms with E-state index >= 15 is 0 Å². The number of alkyl halides is 6. The SMILES string of the molecule is O=C(Cc1cc(C(F)(F)F)cc(C(F)(F)F)c1)NCC(c1c(Cl)cccc1Cl)N1CCN(C2CCCCC2)CC1. The topological polar surface area (TPSA) is 35.6 Å². The minimum Gasteiger partial charge on any atom is -0.354 e. The van der Waals surface area contributed by atoms with Crippen LogP contribution in [0.1, 0.15) is 60.4 Å². The molecule has 1 aliphatic carbocycles. The third kappa shape index (κ3) is 7.84. The second-order valence-corrected chi connectivity index (χ2v) is 11.2. The third-order valence-corrected chi connectivity index (χ3v) is 8.38. The predicted molar refractivity (Wildman–Crippen MR) is 142 cm³/mol. The first-order valence-corrected chi connectivity index (χ1v) is 14.1. The Balaban J connectivity index is 1.48. The summed E-state index contributed by atoms with van der Waals surface area (Å²) in [6.45, 7) is 3.10. The highest BCUT2D eigenvalue weighted by Gasteiger charge is 2.37. The van der Waals surface area contributed by atoms with Gasteiger partial charge in [-0.2, -0.15) is 26.3 Å². The van der Waals surface area contributed by atoms with Gasteiger partial charge in [0.2, 0.25) is 5.91 Å². The van der Waals surface area contributed by atoms with Crippen LogP contribution in [0.15, 0.2) is 36.4 Å². The molecule has 1 heterocycles. The number of nitrogens with zero attached hydrogens (tertiary/aromatic N) is 2. The molecule has 1 amide bonds. The third-order valence-electron chi connectivity index (χ3n) is 7.72. The van der Waals surface area contributed by atoms with Crippen molar-refractivity contribution in [2.24, 2.45) is 0 Å². The Morgan fingerprint density at radius 1 is 0.875 bits per heavy atom. The summed E-state index contributed by atoms with van der Waals surface area (Å²) < 4.78 is 79.4. The van der Waals surface area contributed by atoms with E-state index in [1.165, 1.54) is 32.1 Å². The molecule has 2 aromatic carbocycles. The van der Waals surface area contributed by atoms with E-state index in [2.05, 4.69) is 15.1 Å². The number of carbonyl (C=O) groups excluding carboxylic acids is 1. The van der Waals surface area contributed by atoms with Gasteiger partial charge in [-0.15, -0.1) is 0 Å². The summed E-state index contributed by atoms with van der Waals surface area (Å²) in [7, 11) is 0. The van der Waals surface area contributed by atoms with Crippen LogP contribution in [-0.4, -0.2) is 54.5 Å². The van der Waals surface area contributed by atoms with Crippen LogP contribution in [0.4, 0.5) is 26.3 Å². The van der Waals surface area contributed by atoms with Crippen LogP contribution < -0.4 is 5.32 Å². The summed E-state index contributed by atoms with van der Waals surface area (Å²) in [6, 6.07) is 6.41. The van der Waals surface area contributed by atoms with Gasteiger partial charge in [0, 0.05) is 54.4 Å². The molecule has 1 atom stereocenters. The zero-order valence-corrected chi connectivity index (χ0v) is 23.2. The number of amides is 1. The highest BCUT2D eigenvalue weighted by molar-refractivity contribution is 6.36. The van der Waals surface area contributed by atoms with Gasteiger partial charge in [0.05, 0.1) is 23.6 Å². The Morgan fingerprint density at radius 2 is 1.43 bits per heavy atom. The van der Waals surface area contributed by atoms with E-state index < -0.39 is 41.8 Å².